The highest BCUT2D eigenvalue weighted by Crippen LogP contribution is 2.45. The van der Waals surface area contributed by atoms with Crippen molar-refractivity contribution in [1.29, 1.82) is 0 Å². The first-order valence-electron chi connectivity index (χ1n) is 9.87. The lowest BCUT2D eigenvalue weighted by molar-refractivity contribution is -0.384. The summed E-state index contributed by atoms with van der Waals surface area (Å²) in [6.45, 7) is 6.41. The number of benzene rings is 2. The number of nitrogens with zero attached hydrogens (tertiary/aromatic N) is 4. The van der Waals surface area contributed by atoms with Crippen molar-refractivity contribution in [1.82, 2.24) is 9.78 Å². The van der Waals surface area contributed by atoms with E-state index in [0.717, 1.165) is 29.2 Å². The van der Waals surface area contributed by atoms with Gasteiger partial charge in [0.2, 0.25) is 0 Å². The standard InChI is InChI=1S/C22H20BrClF2N4O4/c1-11-18(14-7-6-13(25)10-15(14)24)20(28(5)27-11)29(21(31)34-22(2,3)4)19-16(26)8-12(23)9-17(19)30(32)33/h6-10H,1-5H3. The second-order valence-corrected chi connectivity index (χ2v) is 9.68. The monoisotopic (exact) mass is 556 g/mol. The van der Waals surface area contributed by atoms with Crippen molar-refractivity contribution in [3.63, 3.8) is 0 Å². The van der Waals surface area contributed by atoms with Crippen molar-refractivity contribution >= 4 is 50.8 Å². The van der Waals surface area contributed by atoms with Gasteiger partial charge in [-0.1, -0.05) is 27.5 Å². The summed E-state index contributed by atoms with van der Waals surface area (Å²) in [5.74, 6) is -1.69. The van der Waals surface area contributed by atoms with Gasteiger partial charge < -0.3 is 4.74 Å². The van der Waals surface area contributed by atoms with Crippen LogP contribution >= 0.6 is 27.5 Å². The number of carbonyl (C=O) groups excluding carboxylic acids is 1. The molecule has 180 valence electrons. The smallest absolute Gasteiger partial charge is 0.421 e. The summed E-state index contributed by atoms with van der Waals surface area (Å²) < 4.78 is 35.9. The van der Waals surface area contributed by atoms with Gasteiger partial charge in [-0.05, 0) is 52.0 Å². The molecule has 0 spiro atoms. The van der Waals surface area contributed by atoms with Crippen molar-refractivity contribution in [2.75, 3.05) is 4.90 Å². The van der Waals surface area contributed by atoms with E-state index in [1.165, 1.54) is 17.8 Å². The highest BCUT2D eigenvalue weighted by molar-refractivity contribution is 9.10. The average molecular weight is 558 g/mol. The van der Waals surface area contributed by atoms with Gasteiger partial charge in [-0.2, -0.15) is 5.10 Å². The SMILES string of the molecule is Cc1nn(C)c(N(C(=O)OC(C)(C)C)c2c(F)cc(Br)cc2[N+](=O)[O-])c1-c1ccc(F)cc1Cl. The number of aromatic nitrogens is 2. The summed E-state index contributed by atoms with van der Waals surface area (Å²) in [5.41, 5.74) is -1.46. The Morgan fingerprint density at radius 2 is 1.91 bits per heavy atom. The van der Waals surface area contributed by atoms with Gasteiger partial charge in [0, 0.05) is 28.7 Å². The molecule has 0 aliphatic carbocycles. The third-order valence-electron chi connectivity index (χ3n) is 4.61. The van der Waals surface area contributed by atoms with E-state index >= 15 is 4.39 Å². The molecule has 0 atom stereocenters. The van der Waals surface area contributed by atoms with E-state index in [0.29, 0.717) is 5.69 Å². The van der Waals surface area contributed by atoms with Crippen LogP contribution in [0, 0.1) is 28.7 Å². The summed E-state index contributed by atoms with van der Waals surface area (Å²) in [7, 11) is 1.48. The molecule has 0 aliphatic rings. The molecule has 3 aromatic rings. The molecule has 0 saturated carbocycles. The Balaban J connectivity index is 2.42. The van der Waals surface area contributed by atoms with Gasteiger partial charge in [-0.25, -0.2) is 18.5 Å². The molecule has 3 rings (SSSR count). The highest BCUT2D eigenvalue weighted by Gasteiger charge is 2.37. The number of halogens is 4. The normalized spacial score (nSPS) is 11.4. The molecular weight excluding hydrogens is 538 g/mol. The summed E-state index contributed by atoms with van der Waals surface area (Å²) in [4.78, 5) is 25.2. The number of anilines is 2. The van der Waals surface area contributed by atoms with E-state index < -0.39 is 39.6 Å². The molecule has 0 radical (unpaired) electrons. The highest BCUT2D eigenvalue weighted by atomic mass is 79.9. The third kappa shape index (κ3) is 5.05. The van der Waals surface area contributed by atoms with Crippen LogP contribution in [-0.2, 0) is 11.8 Å². The second-order valence-electron chi connectivity index (χ2n) is 8.36. The first-order chi connectivity index (χ1) is 15.7. The van der Waals surface area contributed by atoms with E-state index in [-0.39, 0.29) is 26.4 Å². The largest absolute Gasteiger partial charge is 0.443 e. The van der Waals surface area contributed by atoms with Gasteiger partial charge in [0.25, 0.3) is 5.69 Å². The molecule has 8 nitrogen and oxygen atoms in total. The number of ether oxygens (including phenoxy) is 1. The van der Waals surface area contributed by atoms with Crippen LogP contribution in [0.1, 0.15) is 26.5 Å². The minimum absolute atomic E-state index is 0.00673. The molecule has 0 aliphatic heterocycles. The second kappa shape index (κ2) is 9.30. The van der Waals surface area contributed by atoms with E-state index in [1.807, 2.05) is 0 Å². The summed E-state index contributed by atoms with van der Waals surface area (Å²) >= 11 is 9.33. The Morgan fingerprint density at radius 3 is 2.47 bits per heavy atom. The quantitative estimate of drug-likeness (QED) is 0.253. The van der Waals surface area contributed by atoms with Crippen LogP contribution in [0.15, 0.2) is 34.8 Å². The number of amides is 1. The predicted octanol–water partition coefficient (Wildman–Crippen LogP) is 7.07. The number of hydrogen-bond donors (Lipinski definition) is 0. The zero-order valence-electron chi connectivity index (χ0n) is 18.8. The molecule has 34 heavy (non-hydrogen) atoms. The first kappa shape index (κ1) is 25.6. The zero-order chi connectivity index (χ0) is 25.5. The molecular formula is C22H20BrClF2N4O4. The fraction of sp³-hybridized carbons (Fsp3) is 0.273. The molecule has 0 fully saturated rings. The van der Waals surface area contributed by atoms with Crippen molar-refractivity contribution in [2.45, 2.75) is 33.3 Å². The topological polar surface area (TPSA) is 90.5 Å². The average Bonchev–Trinajstić information content (AvgIpc) is 2.95. The van der Waals surface area contributed by atoms with Gasteiger partial charge in [0.05, 0.1) is 15.6 Å². The fourth-order valence-electron chi connectivity index (χ4n) is 3.41. The maximum atomic E-state index is 15.3. The van der Waals surface area contributed by atoms with Crippen LogP contribution in [-0.4, -0.2) is 26.4 Å². The third-order valence-corrected chi connectivity index (χ3v) is 5.38. The molecule has 0 unspecified atom stereocenters. The molecule has 12 heteroatoms. The fourth-order valence-corrected chi connectivity index (χ4v) is 4.09. The lowest BCUT2D eigenvalue weighted by atomic mass is 10.0. The molecule has 1 amide bonds. The summed E-state index contributed by atoms with van der Waals surface area (Å²) in [5, 5.41) is 16.2. The van der Waals surface area contributed by atoms with E-state index in [1.54, 1.807) is 27.7 Å². The van der Waals surface area contributed by atoms with E-state index in [4.69, 9.17) is 16.3 Å². The molecule has 0 saturated heterocycles. The van der Waals surface area contributed by atoms with Gasteiger partial charge >= 0.3 is 6.09 Å². The minimum atomic E-state index is -1.08. The number of nitro groups is 1. The summed E-state index contributed by atoms with van der Waals surface area (Å²) in [6, 6.07) is 5.69. The van der Waals surface area contributed by atoms with Gasteiger partial charge in [-0.15, -0.1) is 0 Å². The number of carbonyl (C=O) groups is 1. The number of hydrogen-bond acceptors (Lipinski definition) is 5. The molecule has 0 bridgehead atoms. The van der Waals surface area contributed by atoms with Crippen LogP contribution in [0.3, 0.4) is 0 Å². The van der Waals surface area contributed by atoms with Gasteiger partial charge in [0.15, 0.2) is 11.5 Å². The van der Waals surface area contributed by atoms with Crippen molar-refractivity contribution in [3.05, 3.63) is 67.3 Å². The Kier molecular flexibility index (Phi) is 6.99. The summed E-state index contributed by atoms with van der Waals surface area (Å²) in [6.07, 6.45) is -1.08. The zero-order valence-corrected chi connectivity index (χ0v) is 21.2. The van der Waals surface area contributed by atoms with Crippen molar-refractivity contribution < 1.29 is 23.2 Å². The molecule has 1 heterocycles. The Morgan fingerprint density at radius 1 is 1.26 bits per heavy atom. The minimum Gasteiger partial charge on any atom is -0.443 e. The Hall–Kier alpha value is -3.05. The van der Waals surface area contributed by atoms with Crippen LogP contribution in [0.4, 0.5) is 30.8 Å². The lowest BCUT2D eigenvalue weighted by Gasteiger charge is -2.28. The van der Waals surface area contributed by atoms with Crippen LogP contribution in [0.2, 0.25) is 5.02 Å². The van der Waals surface area contributed by atoms with E-state index in [9.17, 15) is 19.3 Å². The number of nitro benzene ring substituents is 1. The Labute approximate surface area is 207 Å². The maximum absolute atomic E-state index is 15.3. The van der Waals surface area contributed by atoms with Gasteiger partial charge in [0.1, 0.15) is 17.2 Å². The molecule has 2 aromatic carbocycles. The number of rotatable bonds is 4. The van der Waals surface area contributed by atoms with Crippen molar-refractivity contribution in [2.24, 2.45) is 7.05 Å². The molecule has 1 aromatic heterocycles. The van der Waals surface area contributed by atoms with Gasteiger partial charge in [-0.3, -0.25) is 14.8 Å². The maximum Gasteiger partial charge on any atom is 0.421 e. The van der Waals surface area contributed by atoms with Crippen LogP contribution in [0.25, 0.3) is 11.1 Å². The first-order valence-corrected chi connectivity index (χ1v) is 11.0. The Bertz CT molecular complexity index is 1310. The van der Waals surface area contributed by atoms with Crippen molar-refractivity contribution in [3.8, 4) is 11.1 Å². The molecule has 0 N–H and O–H groups in total. The number of aryl methyl sites for hydroxylation is 2. The van der Waals surface area contributed by atoms with Crippen LogP contribution in [0.5, 0.6) is 0 Å². The lowest BCUT2D eigenvalue weighted by Crippen LogP contribution is -2.36. The van der Waals surface area contributed by atoms with E-state index in [2.05, 4.69) is 21.0 Å². The van der Waals surface area contributed by atoms with Crippen LogP contribution < -0.4 is 4.90 Å². The predicted molar refractivity (Wildman–Crippen MR) is 127 cm³/mol.